The average Bonchev–Trinajstić information content (AvgIpc) is 2.26. The van der Waals surface area contributed by atoms with Crippen molar-refractivity contribution in [2.75, 3.05) is 12.3 Å². The molecule has 1 aliphatic heterocycles. The third-order valence-corrected chi connectivity index (χ3v) is 4.91. The van der Waals surface area contributed by atoms with E-state index in [1.165, 1.54) is 25.0 Å². The highest BCUT2D eigenvalue weighted by Gasteiger charge is 2.19. The van der Waals surface area contributed by atoms with Crippen LogP contribution in [0.1, 0.15) is 33.1 Å². The zero-order chi connectivity index (χ0) is 11.3. The summed E-state index contributed by atoms with van der Waals surface area (Å²) < 4.78 is 0. The number of carbonyl (C=O) groups is 1. The Morgan fingerprint density at radius 1 is 1.53 bits per heavy atom. The summed E-state index contributed by atoms with van der Waals surface area (Å²) in [5, 5.41) is 3.45. The number of thioether (sulfide) groups is 1. The average molecular weight is 247 g/mol. The van der Waals surface area contributed by atoms with E-state index in [1.807, 2.05) is 25.6 Å². The van der Waals surface area contributed by atoms with Crippen LogP contribution in [0.3, 0.4) is 0 Å². The molecule has 1 fully saturated rings. The van der Waals surface area contributed by atoms with Crippen molar-refractivity contribution >= 4 is 30.3 Å². The highest BCUT2D eigenvalue weighted by Crippen LogP contribution is 2.24. The molecule has 4 heteroatoms. The number of rotatable bonds is 4. The van der Waals surface area contributed by atoms with Crippen LogP contribution in [0.15, 0.2) is 0 Å². The molecule has 0 aromatic heterocycles. The van der Waals surface area contributed by atoms with E-state index in [0.29, 0.717) is 11.2 Å². The summed E-state index contributed by atoms with van der Waals surface area (Å²) in [5.41, 5.74) is 0. The minimum absolute atomic E-state index is 0.0829. The highest BCUT2D eigenvalue weighted by molar-refractivity contribution is 7.99. The normalized spacial score (nSPS) is 23.9. The monoisotopic (exact) mass is 247 g/mol. The molecule has 0 aromatic rings. The maximum Gasteiger partial charge on any atom is 0.233 e. The molecule has 1 aliphatic rings. The van der Waals surface area contributed by atoms with Crippen LogP contribution in [0.25, 0.3) is 0 Å². The molecule has 15 heavy (non-hydrogen) atoms. The Morgan fingerprint density at radius 3 is 2.80 bits per heavy atom. The fourth-order valence-electron chi connectivity index (χ4n) is 1.59. The van der Waals surface area contributed by atoms with Gasteiger partial charge in [0.1, 0.15) is 0 Å². The van der Waals surface area contributed by atoms with Crippen LogP contribution in [-0.4, -0.2) is 28.7 Å². The van der Waals surface area contributed by atoms with Gasteiger partial charge >= 0.3 is 0 Å². The van der Waals surface area contributed by atoms with Gasteiger partial charge in [0.15, 0.2) is 0 Å². The molecule has 1 saturated heterocycles. The van der Waals surface area contributed by atoms with E-state index in [2.05, 4.69) is 17.9 Å². The van der Waals surface area contributed by atoms with Crippen LogP contribution in [0, 0.1) is 5.92 Å². The summed E-state index contributed by atoms with van der Waals surface area (Å²) in [4.78, 5) is 11.6. The van der Waals surface area contributed by atoms with Crippen LogP contribution in [0.2, 0.25) is 0 Å². The lowest BCUT2D eigenvalue weighted by molar-refractivity contribution is -0.121. The Labute approximate surface area is 102 Å². The molecule has 1 rings (SSSR count). The van der Waals surface area contributed by atoms with Crippen molar-refractivity contribution in [2.24, 2.45) is 5.92 Å². The first-order valence-electron chi connectivity index (χ1n) is 5.68. The fraction of sp³-hybridized carbons (Fsp3) is 0.909. The molecule has 2 nitrogen and oxygen atoms in total. The van der Waals surface area contributed by atoms with E-state index >= 15 is 0 Å². The standard InChI is InChI=1S/C11H21NOS2/c1-8(2)10(14)11(13)12-7-9-5-3-4-6-15-9/h8-10,14H,3-7H2,1-2H3,(H,12,13). The summed E-state index contributed by atoms with van der Waals surface area (Å²) >= 11 is 6.28. The van der Waals surface area contributed by atoms with Gasteiger partial charge in [0, 0.05) is 11.8 Å². The third kappa shape index (κ3) is 4.68. The van der Waals surface area contributed by atoms with E-state index in [0.717, 1.165) is 6.54 Å². The van der Waals surface area contributed by atoms with Gasteiger partial charge in [-0.05, 0) is 24.5 Å². The van der Waals surface area contributed by atoms with Gasteiger partial charge in [-0.2, -0.15) is 24.4 Å². The lowest BCUT2D eigenvalue weighted by Crippen LogP contribution is -2.38. The smallest absolute Gasteiger partial charge is 0.233 e. The number of hydrogen-bond acceptors (Lipinski definition) is 3. The Kier molecular flexibility index (Phi) is 5.90. The molecule has 88 valence electrons. The zero-order valence-electron chi connectivity index (χ0n) is 9.53. The van der Waals surface area contributed by atoms with Crippen molar-refractivity contribution in [1.29, 1.82) is 0 Å². The largest absolute Gasteiger partial charge is 0.354 e. The molecular weight excluding hydrogens is 226 g/mol. The first-order valence-corrected chi connectivity index (χ1v) is 7.25. The van der Waals surface area contributed by atoms with E-state index in [9.17, 15) is 4.79 Å². The maximum atomic E-state index is 11.6. The number of hydrogen-bond donors (Lipinski definition) is 2. The molecule has 1 amide bonds. The second-order valence-corrected chi connectivity index (χ2v) is 6.39. The summed E-state index contributed by atoms with van der Waals surface area (Å²) in [6.45, 7) is 4.85. The van der Waals surface area contributed by atoms with Gasteiger partial charge in [0.05, 0.1) is 5.25 Å². The van der Waals surface area contributed by atoms with Crippen molar-refractivity contribution in [3.63, 3.8) is 0 Å². The van der Waals surface area contributed by atoms with Gasteiger partial charge in [0.25, 0.3) is 0 Å². The molecule has 0 bridgehead atoms. The molecule has 0 spiro atoms. The van der Waals surface area contributed by atoms with Crippen LogP contribution < -0.4 is 5.32 Å². The van der Waals surface area contributed by atoms with E-state index in [-0.39, 0.29) is 11.2 Å². The van der Waals surface area contributed by atoms with Crippen molar-refractivity contribution in [2.45, 2.75) is 43.6 Å². The van der Waals surface area contributed by atoms with Crippen LogP contribution in [0.4, 0.5) is 0 Å². The number of carbonyl (C=O) groups excluding carboxylic acids is 1. The van der Waals surface area contributed by atoms with Gasteiger partial charge in [0.2, 0.25) is 5.91 Å². The van der Waals surface area contributed by atoms with Crippen molar-refractivity contribution in [3.8, 4) is 0 Å². The molecule has 1 N–H and O–H groups in total. The molecule has 0 aliphatic carbocycles. The predicted octanol–water partition coefficient (Wildman–Crippen LogP) is 2.34. The summed E-state index contributed by atoms with van der Waals surface area (Å²) in [5.74, 6) is 1.63. The second kappa shape index (κ2) is 6.69. The number of amides is 1. The Balaban J connectivity index is 2.20. The number of nitrogens with one attached hydrogen (secondary N) is 1. The molecule has 1 heterocycles. The first kappa shape index (κ1) is 13.2. The Bertz CT molecular complexity index is 203. The summed E-state index contributed by atoms with van der Waals surface area (Å²) in [6, 6.07) is 0. The summed E-state index contributed by atoms with van der Waals surface area (Å²) in [6.07, 6.45) is 3.88. The van der Waals surface area contributed by atoms with Crippen molar-refractivity contribution in [3.05, 3.63) is 0 Å². The maximum absolute atomic E-state index is 11.6. The Hall–Kier alpha value is 0.170. The molecule has 0 radical (unpaired) electrons. The van der Waals surface area contributed by atoms with Gasteiger partial charge < -0.3 is 5.32 Å². The van der Waals surface area contributed by atoms with Crippen molar-refractivity contribution in [1.82, 2.24) is 5.32 Å². The van der Waals surface area contributed by atoms with Crippen LogP contribution >= 0.6 is 24.4 Å². The van der Waals surface area contributed by atoms with E-state index < -0.39 is 0 Å². The second-order valence-electron chi connectivity index (χ2n) is 4.42. The molecular formula is C11H21NOS2. The molecule has 2 unspecified atom stereocenters. The quantitative estimate of drug-likeness (QED) is 0.747. The molecule has 0 saturated carbocycles. The van der Waals surface area contributed by atoms with E-state index in [1.54, 1.807) is 0 Å². The zero-order valence-corrected chi connectivity index (χ0v) is 11.2. The minimum Gasteiger partial charge on any atom is -0.354 e. The summed E-state index contributed by atoms with van der Waals surface area (Å²) in [7, 11) is 0. The van der Waals surface area contributed by atoms with Gasteiger partial charge in [-0.15, -0.1) is 0 Å². The fourth-order valence-corrected chi connectivity index (χ4v) is 2.92. The van der Waals surface area contributed by atoms with Crippen LogP contribution in [-0.2, 0) is 4.79 Å². The highest BCUT2D eigenvalue weighted by atomic mass is 32.2. The topological polar surface area (TPSA) is 29.1 Å². The molecule has 2 atom stereocenters. The first-order chi connectivity index (χ1) is 7.11. The van der Waals surface area contributed by atoms with Crippen LogP contribution in [0.5, 0.6) is 0 Å². The Morgan fingerprint density at radius 2 is 2.27 bits per heavy atom. The third-order valence-electron chi connectivity index (χ3n) is 2.68. The lowest BCUT2D eigenvalue weighted by Gasteiger charge is -2.22. The van der Waals surface area contributed by atoms with Crippen molar-refractivity contribution < 1.29 is 4.79 Å². The van der Waals surface area contributed by atoms with Gasteiger partial charge in [-0.25, -0.2) is 0 Å². The lowest BCUT2D eigenvalue weighted by atomic mass is 10.1. The number of thiol groups is 1. The molecule has 0 aromatic carbocycles. The van der Waals surface area contributed by atoms with Gasteiger partial charge in [-0.1, -0.05) is 20.3 Å². The van der Waals surface area contributed by atoms with E-state index in [4.69, 9.17) is 0 Å². The minimum atomic E-state index is -0.168. The SMILES string of the molecule is CC(C)C(S)C(=O)NCC1CCCCS1. The van der Waals surface area contributed by atoms with Gasteiger partial charge in [-0.3, -0.25) is 4.79 Å². The predicted molar refractivity (Wildman–Crippen MR) is 70.7 cm³/mol.